The van der Waals surface area contributed by atoms with Gasteiger partial charge in [0.2, 0.25) is 0 Å². The summed E-state index contributed by atoms with van der Waals surface area (Å²) in [5.41, 5.74) is 8.57. The summed E-state index contributed by atoms with van der Waals surface area (Å²) >= 11 is 0. The van der Waals surface area contributed by atoms with Gasteiger partial charge in [-0.15, -0.1) is 0 Å². The molecule has 0 spiro atoms. The number of methoxy groups -OCH3 is 1. The third-order valence-electron chi connectivity index (χ3n) is 3.92. The number of hydrogen-bond acceptors (Lipinski definition) is 3. The molecule has 0 radical (unpaired) electrons. The highest BCUT2D eigenvalue weighted by Gasteiger charge is 2.18. The van der Waals surface area contributed by atoms with Crippen LogP contribution < -0.4 is 15.4 Å². The number of hydrogen-bond donors (Lipinski definition) is 1. The summed E-state index contributed by atoms with van der Waals surface area (Å²) in [6, 6.07) is 6.25. The van der Waals surface area contributed by atoms with E-state index in [2.05, 4.69) is 17.0 Å². The van der Waals surface area contributed by atoms with Gasteiger partial charge in [-0.1, -0.05) is 25.3 Å². The summed E-state index contributed by atoms with van der Waals surface area (Å²) in [4.78, 5) is 2.49. The lowest BCUT2D eigenvalue weighted by Crippen LogP contribution is -2.29. The topological polar surface area (TPSA) is 38.5 Å². The highest BCUT2D eigenvalue weighted by Crippen LogP contribution is 2.34. The van der Waals surface area contributed by atoms with Crippen LogP contribution in [0.25, 0.3) is 0 Å². The number of anilines is 1. The minimum absolute atomic E-state index is 0.00316. The van der Waals surface area contributed by atoms with E-state index in [9.17, 15) is 0 Å². The van der Waals surface area contributed by atoms with Crippen molar-refractivity contribution in [3.63, 3.8) is 0 Å². The number of nitrogens with zero attached hydrogens (tertiary/aromatic N) is 1. The first-order valence-corrected chi connectivity index (χ1v) is 7.41. The number of benzene rings is 1. The van der Waals surface area contributed by atoms with Crippen molar-refractivity contribution in [3.8, 4) is 5.75 Å². The van der Waals surface area contributed by atoms with Gasteiger partial charge in [0.05, 0.1) is 7.11 Å². The average molecular weight is 262 g/mol. The fourth-order valence-corrected chi connectivity index (χ4v) is 2.93. The van der Waals surface area contributed by atoms with Crippen molar-refractivity contribution in [2.75, 3.05) is 25.1 Å². The lowest BCUT2D eigenvalue weighted by atomic mass is 10.0. The summed E-state index contributed by atoms with van der Waals surface area (Å²) in [5, 5.41) is 0. The molecule has 2 N–H and O–H groups in total. The molecule has 3 heteroatoms. The Morgan fingerprint density at radius 2 is 1.74 bits per heavy atom. The van der Waals surface area contributed by atoms with Gasteiger partial charge in [0.25, 0.3) is 0 Å². The van der Waals surface area contributed by atoms with Crippen LogP contribution >= 0.6 is 0 Å². The van der Waals surface area contributed by atoms with Crippen LogP contribution in [0.3, 0.4) is 0 Å². The predicted octanol–water partition coefficient (Wildman–Crippen LogP) is 3.49. The van der Waals surface area contributed by atoms with Gasteiger partial charge < -0.3 is 15.4 Å². The molecule has 2 rings (SSSR count). The Balaban J connectivity index is 2.30. The number of nitrogens with two attached hydrogens (primary N) is 1. The van der Waals surface area contributed by atoms with Crippen LogP contribution in [0.5, 0.6) is 5.75 Å². The standard InChI is InChI=1S/C16H26N2O/c1-13(17)16-14(9-8-10-15(16)19-2)18-11-6-4-3-5-7-12-18/h8-10,13H,3-7,11-12,17H2,1-2H3/t13-/m1/s1. The fraction of sp³-hybridized carbons (Fsp3) is 0.625. The van der Waals surface area contributed by atoms with Crippen molar-refractivity contribution < 1.29 is 4.74 Å². The molecule has 3 nitrogen and oxygen atoms in total. The third kappa shape index (κ3) is 3.41. The van der Waals surface area contributed by atoms with E-state index in [1.165, 1.54) is 37.8 Å². The zero-order valence-electron chi connectivity index (χ0n) is 12.2. The highest BCUT2D eigenvalue weighted by molar-refractivity contribution is 5.60. The van der Waals surface area contributed by atoms with Crippen molar-refractivity contribution in [1.29, 1.82) is 0 Å². The van der Waals surface area contributed by atoms with Crippen LogP contribution in [-0.2, 0) is 0 Å². The minimum Gasteiger partial charge on any atom is -0.496 e. The van der Waals surface area contributed by atoms with Gasteiger partial charge in [-0.2, -0.15) is 0 Å². The molecule has 106 valence electrons. The molecule has 1 aromatic carbocycles. The summed E-state index contributed by atoms with van der Waals surface area (Å²) in [7, 11) is 1.72. The van der Waals surface area contributed by atoms with E-state index in [-0.39, 0.29) is 6.04 Å². The van der Waals surface area contributed by atoms with E-state index < -0.39 is 0 Å². The molecule has 1 aliphatic heterocycles. The molecule has 0 amide bonds. The lowest BCUT2D eigenvalue weighted by molar-refractivity contribution is 0.406. The zero-order chi connectivity index (χ0) is 13.7. The smallest absolute Gasteiger partial charge is 0.125 e. The molecule has 1 heterocycles. The molecule has 1 atom stereocenters. The molecule has 0 aromatic heterocycles. The maximum absolute atomic E-state index is 6.16. The summed E-state index contributed by atoms with van der Waals surface area (Å²) < 4.78 is 5.49. The second kappa shape index (κ2) is 6.80. The Bertz CT molecular complexity index is 396. The maximum atomic E-state index is 6.16. The second-order valence-corrected chi connectivity index (χ2v) is 5.44. The van der Waals surface area contributed by atoms with Crippen LogP contribution in [0.2, 0.25) is 0 Å². The second-order valence-electron chi connectivity index (χ2n) is 5.44. The molecule has 1 saturated heterocycles. The van der Waals surface area contributed by atoms with Crippen LogP contribution in [0.15, 0.2) is 18.2 Å². The molecule has 1 aromatic rings. The monoisotopic (exact) mass is 262 g/mol. The Kier molecular flexibility index (Phi) is 5.08. The summed E-state index contributed by atoms with van der Waals surface area (Å²) in [6.45, 7) is 4.30. The van der Waals surface area contributed by atoms with Gasteiger partial charge in [-0.3, -0.25) is 0 Å². The van der Waals surface area contributed by atoms with Crippen molar-refractivity contribution in [2.45, 2.75) is 45.1 Å². The quantitative estimate of drug-likeness (QED) is 0.906. The van der Waals surface area contributed by atoms with Crippen molar-refractivity contribution in [1.82, 2.24) is 0 Å². The minimum atomic E-state index is -0.00316. The van der Waals surface area contributed by atoms with Crippen LogP contribution in [-0.4, -0.2) is 20.2 Å². The molecule has 19 heavy (non-hydrogen) atoms. The first-order valence-electron chi connectivity index (χ1n) is 7.41. The van der Waals surface area contributed by atoms with Crippen LogP contribution in [0.4, 0.5) is 5.69 Å². The first-order chi connectivity index (χ1) is 9.24. The summed E-state index contributed by atoms with van der Waals surface area (Å²) in [6.07, 6.45) is 6.61. The van der Waals surface area contributed by atoms with Crippen molar-refractivity contribution in [2.24, 2.45) is 5.73 Å². The van der Waals surface area contributed by atoms with Crippen LogP contribution in [0, 0.1) is 0 Å². The maximum Gasteiger partial charge on any atom is 0.125 e. The molecule has 1 aliphatic rings. The van der Waals surface area contributed by atoms with Crippen LogP contribution in [0.1, 0.15) is 50.6 Å². The normalized spacial score (nSPS) is 18.6. The fourth-order valence-electron chi connectivity index (χ4n) is 2.93. The molecular weight excluding hydrogens is 236 g/mol. The van der Waals surface area contributed by atoms with Gasteiger partial charge in [0.1, 0.15) is 5.75 Å². The third-order valence-corrected chi connectivity index (χ3v) is 3.92. The Labute approximate surface area is 116 Å². The largest absolute Gasteiger partial charge is 0.496 e. The van der Waals surface area contributed by atoms with E-state index in [4.69, 9.17) is 10.5 Å². The van der Waals surface area contributed by atoms with E-state index in [0.717, 1.165) is 24.4 Å². The molecule has 0 unspecified atom stereocenters. The van der Waals surface area contributed by atoms with Gasteiger partial charge in [0, 0.05) is 30.4 Å². The molecular formula is C16H26N2O. The Morgan fingerprint density at radius 3 is 2.32 bits per heavy atom. The Hall–Kier alpha value is -1.22. The molecule has 1 fully saturated rings. The SMILES string of the molecule is COc1cccc(N2CCCCCCC2)c1[C@@H](C)N. The van der Waals surface area contributed by atoms with E-state index in [1.54, 1.807) is 7.11 Å². The van der Waals surface area contributed by atoms with Gasteiger partial charge in [-0.05, 0) is 31.9 Å². The summed E-state index contributed by atoms with van der Waals surface area (Å²) in [5.74, 6) is 0.912. The number of ether oxygens (including phenoxy) is 1. The molecule has 0 aliphatic carbocycles. The first kappa shape index (κ1) is 14.2. The average Bonchev–Trinajstić information content (AvgIpc) is 2.37. The zero-order valence-corrected chi connectivity index (χ0v) is 12.2. The highest BCUT2D eigenvalue weighted by atomic mass is 16.5. The molecule has 0 bridgehead atoms. The number of rotatable bonds is 3. The van der Waals surface area contributed by atoms with E-state index >= 15 is 0 Å². The Morgan fingerprint density at radius 1 is 1.11 bits per heavy atom. The van der Waals surface area contributed by atoms with Crippen molar-refractivity contribution >= 4 is 5.69 Å². The van der Waals surface area contributed by atoms with Gasteiger partial charge >= 0.3 is 0 Å². The van der Waals surface area contributed by atoms with E-state index in [0.29, 0.717) is 0 Å². The van der Waals surface area contributed by atoms with Crippen molar-refractivity contribution in [3.05, 3.63) is 23.8 Å². The van der Waals surface area contributed by atoms with E-state index in [1.807, 2.05) is 13.0 Å². The van der Waals surface area contributed by atoms with Gasteiger partial charge in [0.15, 0.2) is 0 Å². The predicted molar refractivity (Wildman–Crippen MR) is 80.9 cm³/mol. The molecule has 0 saturated carbocycles. The van der Waals surface area contributed by atoms with Gasteiger partial charge in [-0.25, -0.2) is 0 Å². The lowest BCUT2D eigenvalue weighted by Gasteiger charge is -2.30.